The first-order chi connectivity index (χ1) is 14.1. The molecule has 0 saturated carbocycles. The lowest BCUT2D eigenvalue weighted by atomic mass is 10.1. The number of urea groups is 1. The topological polar surface area (TPSA) is 55.9 Å². The monoisotopic (exact) mass is 392 g/mol. The van der Waals surface area contributed by atoms with Crippen LogP contribution in [0, 0.1) is 6.92 Å². The number of anilines is 1. The first-order valence-corrected chi connectivity index (χ1v) is 10.3. The quantitative estimate of drug-likeness (QED) is 0.870. The molecule has 0 aromatic heterocycles. The molecular weight excluding hydrogens is 364 g/mol. The summed E-state index contributed by atoms with van der Waals surface area (Å²) in [6, 6.07) is 17.6. The second-order valence-corrected chi connectivity index (χ2v) is 7.87. The lowest BCUT2D eigenvalue weighted by Crippen LogP contribution is -2.54. The van der Waals surface area contributed by atoms with E-state index in [0.717, 1.165) is 25.3 Å². The Morgan fingerprint density at radius 2 is 1.76 bits per heavy atom. The number of para-hydroxylation sites is 1. The second kappa shape index (κ2) is 8.66. The summed E-state index contributed by atoms with van der Waals surface area (Å²) in [7, 11) is 0. The maximum Gasteiger partial charge on any atom is 0.318 e. The van der Waals surface area contributed by atoms with E-state index in [4.69, 9.17) is 0 Å². The van der Waals surface area contributed by atoms with Crippen LogP contribution in [-0.2, 0) is 11.3 Å². The average Bonchev–Trinajstić information content (AvgIpc) is 3.09. The SMILES string of the molecule is Cc1cccc(CN2CCN(C(=O)NC3CCN(c4ccccc4)C3=O)CC2)c1. The molecule has 2 aliphatic rings. The van der Waals surface area contributed by atoms with E-state index in [2.05, 4.69) is 41.4 Å². The van der Waals surface area contributed by atoms with Crippen LogP contribution in [0.25, 0.3) is 0 Å². The Balaban J connectivity index is 1.26. The minimum absolute atomic E-state index is 0.0253. The Morgan fingerprint density at radius 1 is 1.00 bits per heavy atom. The van der Waals surface area contributed by atoms with Crippen LogP contribution in [0.3, 0.4) is 0 Å². The third-order valence-electron chi connectivity index (χ3n) is 5.72. The van der Waals surface area contributed by atoms with Gasteiger partial charge in [-0.3, -0.25) is 9.69 Å². The Morgan fingerprint density at radius 3 is 2.48 bits per heavy atom. The number of nitrogens with one attached hydrogen (secondary N) is 1. The van der Waals surface area contributed by atoms with Crippen molar-refractivity contribution in [2.45, 2.75) is 25.9 Å². The molecule has 2 aromatic rings. The van der Waals surface area contributed by atoms with Gasteiger partial charge in [-0.15, -0.1) is 0 Å². The van der Waals surface area contributed by atoms with Crippen molar-refractivity contribution in [2.24, 2.45) is 0 Å². The van der Waals surface area contributed by atoms with E-state index in [1.165, 1.54) is 11.1 Å². The predicted octanol–water partition coefficient (Wildman–Crippen LogP) is 2.63. The van der Waals surface area contributed by atoms with Crippen molar-refractivity contribution in [3.05, 3.63) is 65.7 Å². The number of piperazine rings is 1. The number of carbonyl (C=O) groups is 2. The zero-order valence-corrected chi connectivity index (χ0v) is 16.9. The van der Waals surface area contributed by atoms with Gasteiger partial charge in [0.2, 0.25) is 5.91 Å². The molecule has 1 unspecified atom stereocenters. The Bertz CT molecular complexity index is 862. The molecular formula is C23H28N4O2. The van der Waals surface area contributed by atoms with E-state index in [9.17, 15) is 9.59 Å². The maximum atomic E-state index is 12.7. The van der Waals surface area contributed by atoms with Gasteiger partial charge in [0.1, 0.15) is 6.04 Å². The normalized spacial score (nSPS) is 20.2. The van der Waals surface area contributed by atoms with Crippen LogP contribution in [0.5, 0.6) is 0 Å². The Kier molecular flexibility index (Phi) is 5.81. The van der Waals surface area contributed by atoms with Crippen molar-refractivity contribution in [2.75, 3.05) is 37.6 Å². The number of carbonyl (C=O) groups excluding carboxylic acids is 2. The number of hydrogen-bond acceptors (Lipinski definition) is 3. The van der Waals surface area contributed by atoms with Crippen molar-refractivity contribution in [3.63, 3.8) is 0 Å². The Hall–Kier alpha value is -2.86. The molecule has 0 bridgehead atoms. The van der Waals surface area contributed by atoms with Gasteiger partial charge in [-0.05, 0) is 31.0 Å². The lowest BCUT2D eigenvalue weighted by molar-refractivity contribution is -0.118. The minimum Gasteiger partial charge on any atom is -0.326 e. The van der Waals surface area contributed by atoms with Crippen molar-refractivity contribution < 1.29 is 9.59 Å². The molecule has 2 fully saturated rings. The number of benzene rings is 2. The summed E-state index contributed by atoms with van der Waals surface area (Å²) >= 11 is 0. The molecule has 152 valence electrons. The van der Waals surface area contributed by atoms with E-state index >= 15 is 0 Å². The van der Waals surface area contributed by atoms with E-state index in [1.54, 1.807) is 4.90 Å². The molecule has 2 heterocycles. The molecule has 2 aliphatic heterocycles. The highest BCUT2D eigenvalue weighted by Crippen LogP contribution is 2.21. The lowest BCUT2D eigenvalue weighted by Gasteiger charge is -2.35. The van der Waals surface area contributed by atoms with E-state index in [-0.39, 0.29) is 11.9 Å². The summed E-state index contributed by atoms with van der Waals surface area (Å²) < 4.78 is 0. The fourth-order valence-corrected chi connectivity index (χ4v) is 4.10. The first kappa shape index (κ1) is 19.5. The molecule has 6 nitrogen and oxygen atoms in total. The van der Waals surface area contributed by atoms with Crippen LogP contribution >= 0.6 is 0 Å². The maximum absolute atomic E-state index is 12.7. The summed E-state index contributed by atoms with van der Waals surface area (Å²) in [5, 5.41) is 2.95. The van der Waals surface area contributed by atoms with Crippen molar-refractivity contribution in [3.8, 4) is 0 Å². The highest BCUT2D eigenvalue weighted by Gasteiger charge is 2.34. The highest BCUT2D eigenvalue weighted by atomic mass is 16.2. The zero-order valence-electron chi connectivity index (χ0n) is 16.9. The van der Waals surface area contributed by atoms with E-state index in [0.29, 0.717) is 26.1 Å². The van der Waals surface area contributed by atoms with Crippen LogP contribution < -0.4 is 10.2 Å². The molecule has 1 atom stereocenters. The van der Waals surface area contributed by atoms with Crippen LogP contribution in [0.1, 0.15) is 17.5 Å². The third-order valence-corrected chi connectivity index (χ3v) is 5.72. The van der Waals surface area contributed by atoms with Crippen molar-refractivity contribution >= 4 is 17.6 Å². The summed E-state index contributed by atoms with van der Waals surface area (Å²) in [5.74, 6) is -0.0253. The van der Waals surface area contributed by atoms with Gasteiger partial charge >= 0.3 is 6.03 Å². The van der Waals surface area contributed by atoms with Gasteiger partial charge < -0.3 is 15.1 Å². The number of hydrogen-bond donors (Lipinski definition) is 1. The summed E-state index contributed by atoms with van der Waals surface area (Å²) in [6.45, 7) is 6.70. The van der Waals surface area contributed by atoms with Gasteiger partial charge in [0, 0.05) is 45.0 Å². The minimum atomic E-state index is -0.437. The molecule has 1 N–H and O–H groups in total. The molecule has 0 spiro atoms. The molecule has 6 heteroatoms. The van der Waals surface area contributed by atoms with E-state index in [1.807, 2.05) is 35.2 Å². The molecule has 2 aromatic carbocycles. The third kappa shape index (κ3) is 4.59. The zero-order chi connectivity index (χ0) is 20.2. The number of aryl methyl sites for hydroxylation is 1. The average molecular weight is 393 g/mol. The fraction of sp³-hybridized carbons (Fsp3) is 0.391. The van der Waals surface area contributed by atoms with E-state index < -0.39 is 6.04 Å². The molecule has 2 saturated heterocycles. The Labute approximate surface area is 172 Å². The van der Waals surface area contributed by atoms with Crippen LogP contribution in [0.2, 0.25) is 0 Å². The fourth-order valence-electron chi connectivity index (χ4n) is 4.10. The van der Waals surface area contributed by atoms with Gasteiger partial charge in [0.25, 0.3) is 0 Å². The van der Waals surface area contributed by atoms with Crippen molar-refractivity contribution in [1.29, 1.82) is 0 Å². The van der Waals surface area contributed by atoms with Gasteiger partial charge in [0.15, 0.2) is 0 Å². The van der Waals surface area contributed by atoms with Crippen molar-refractivity contribution in [1.82, 2.24) is 15.1 Å². The largest absolute Gasteiger partial charge is 0.326 e. The van der Waals surface area contributed by atoms with Gasteiger partial charge in [-0.25, -0.2) is 4.79 Å². The molecule has 0 radical (unpaired) electrons. The number of nitrogens with zero attached hydrogens (tertiary/aromatic N) is 3. The van der Waals surface area contributed by atoms with Crippen LogP contribution in [0.15, 0.2) is 54.6 Å². The standard InChI is InChI=1S/C23H28N4O2/c1-18-6-5-7-19(16-18)17-25-12-14-26(15-13-25)23(29)24-21-10-11-27(22(21)28)20-8-3-2-4-9-20/h2-9,16,21H,10-15,17H2,1H3,(H,24,29). The second-order valence-electron chi connectivity index (χ2n) is 7.87. The predicted molar refractivity (Wildman–Crippen MR) is 114 cm³/mol. The highest BCUT2D eigenvalue weighted by molar-refractivity contribution is 6.01. The number of rotatable bonds is 4. The summed E-state index contributed by atoms with van der Waals surface area (Å²) in [4.78, 5) is 31.3. The molecule has 0 aliphatic carbocycles. The van der Waals surface area contributed by atoms with Gasteiger partial charge in [-0.2, -0.15) is 0 Å². The van der Waals surface area contributed by atoms with Crippen LogP contribution in [0.4, 0.5) is 10.5 Å². The summed E-state index contributed by atoms with van der Waals surface area (Å²) in [6.07, 6.45) is 0.646. The van der Waals surface area contributed by atoms with Gasteiger partial charge in [0.05, 0.1) is 0 Å². The molecule has 29 heavy (non-hydrogen) atoms. The number of amides is 3. The first-order valence-electron chi connectivity index (χ1n) is 10.3. The molecule has 3 amide bonds. The summed E-state index contributed by atoms with van der Waals surface area (Å²) in [5.41, 5.74) is 3.46. The smallest absolute Gasteiger partial charge is 0.318 e. The molecule has 4 rings (SSSR count). The van der Waals surface area contributed by atoms with Crippen LogP contribution in [-0.4, -0.2) is 60.5 Å². The van der Waals surface area contributed by atoms with Gasteiger partial charge in [-0.1, -0.05) is 48.0 Å².